The van der Waals surface area contributed by atoms with Gasteiger partial charge in [0.05, 0.1) is 5.41 Å². The van der Waals surface area contributed by atoms with Crippen LogP contribution >= 0.6 is 0 Å². The minimum absolute atomic E-state index is 0.0615. The number of halogens is 1. The van der Waals surface area contributed by atoms with Crippen LogP contribution in [0.4, 0.5) is 14.9 Å². The monoisotopic (exact) mass is 383 g/mol. The van der Waals surface area contributed by atoms with Crippen molar-refractivity contribution in [3.63, 3.8) is 0 Å². The first-order chi connectivity index (χ1) is 13.4. The van der Waals surface area contributed by atoms with Gasteiger partial charge in [-0.15, -0.1) is 0 Å². The number of benzene rings is 2. The summed E-state index contributed by atoms with van der Waals surface area (Å²) < 4.78 is 13.6. The average Bonchev–Trinajstić information content (AvgIpc) is 2.59. The van der Waals surface area contributed by atoms with E-state index in [1.165, 1.54) is 12.1 Å². The molecule has 1 fully saturated rings. The smallest absolute Gasteiger partial charge is 0.319 e. The van der Waals surface area contributed by atoms with Crippen LogP contribution in [0.15, 0.2) is 48.5 Å². The SMILES string of the molecule is CC(C)NC(=O)Nc1ccc(CNC(=O)C2(c3cccc(F)c3)CCC2)cc1. The number of carbonyl (C=O) groups excluding carboxylic acids is 2. The lowest BCUT2D eigenvalue weighted by atomic mass is 9.64. The van der Waals surface area contributed by atoms with E-state index < -0.39 is 5.41 Å². The Labute approximate surface area is 164 Å². The first kappa shape index (κ1) is 19.9. The molecule has 0 saturated heterocycles. The van der Waals surface area contributed by atoms with Gasteiger partial charge in [0.15, 0.2) is 0 Å². The van der Waals surface area contributed by atoms with Crippen molar-refractivity contribution in [1.29, 1.82) is 0 Å². The van der Waals surface area contributed by atoms with Crippen LogP contribution < -0.4 is 16.0 Å². The third-order valence-electron chi connectivity index (χ3n) is 5.10. The molecule has 0 aliphatic heterocycles. The molecular formula is C22H26FN3O2. The lowest BCUT2D eigenvalue weighted by Crippen LogP contribution is -2.49. The zero-order chi connectivity index (χ0) is 20.1. The number of rotatable bonds is 6. The molecule has 0 unspecified atom stereocenters. The molecule has 148 valence electrons. The van der Waals surface area contributed by atoms with E-state index in [0.717, 1.165) is 30.4 Å². The third kappa shape index (κ3) is 4.50. The summed E-state index contributed by atoms with van der Waals surface area (Å²) in [5, 5.41) is 8.51. The van der Waals surface area contributed by atoms with Crippen molar-refractivity contribution in [2.24, 2.45) is 0 Å². The van der Waals surface area contributed by atoms with E-state index in [0.29, 0.717) is 12.2 Å². The van der Waals surface area contributed by atoms with Gasteiger partial charge in [-0.1, -0.05) is 30.7 Å². The zero-order valence-electron chi connectivity index (χ0n) is 16.2. The molecular weight excluding hydrogens is 357 g/mol. The summed E-state index contributed by atoms with van der Waals surface area (Å²) in [6.45, 7) is 4.17. The summed E-state index contributed by atoms with van der Waals surface area (Å²) in [6.07, 6.45) is 2.43. The Balaban J connectivity index is 1.59. The molecule has 3 N–H and O–H groups in total. The lowest BCUT2D eigenvalue weighted by Gasteiger charge is -2.40. The predicted octanol–water partition coefficient (Wildman–Crippen LogP) is 4.09. The normalized spacial score (nSPS) is 14.9. The minimum atomic E-state index is -0.626. The Morgan fingerprint density at radius 1 is 1.11 bits per heavy atom. The van der Waals surface area contributed by atoms with E-state index in [4.69, 9.17) is 0 Å². The molecule has 28 heavy (non-hydrogen) atoms. The first-order valence-corrected chi connectivity index (χ1v) is 9.60. The molecule has 3 rings (SSSR count). The van der Waals surface area contributed by atoms with Gasteiger partial charge in [-0.25, -0.2) is 9.18 Å². The van der Waals surface area contributed by atoms with Crippen molar-refractivity contribution in [2.45, 2.75) is 51.1 Å². The molecule has 0 bridgehead atoms. The van der Waals surface area contributed by atoms with Gasteiger partial charge in [-0.3, -0.25) is 4.79 Å². The van der Waals surface area contributed by atoms with E-state index in [-0.39, 0.29) is 23.8 Å². The predicted molar refractivity (Wildman–Crippen MR) is 108 cm³/mol. The standard InChI is InChI=1S/C22H26FN3O2/c1-15(2)25-21(28)26-19-9-7-16(8-10-19)14-24-20(27)22(11-4-12-22)17-5-3-6-18(23)13-17/h3,5-10,13,15H,4,11-12,14H2,1-2H3,(H,24,27)(H2,25,26,28). The van der Waals surface area contributed by atoms with Crippen LogP contribution in [-0.4, -0.2) is 18.0 Å². The van der Waals surface area contributed by atoms with Crippen LogP contribution in [0.2, 0.25) is 0 Å². The van der Waals surface area contributed by atoms with Gasteiger partial charge in [0.2, 0.25) is 5.91 Å². The summed E-state index contributed by atoms with van der Waals surface area (Å²) in [4.78, 5) is 24.6. The van der Waals surface area contributed by atoms with Crippen LogP contribution in [0.25, 0.3) is 0 Å². The number of carbonyl (C=O) groups is 2. The van der Waals surface area contributed by atoms with E-state index in [9.17, 15) is 14.0 Å². The number of nitrogens with one attached hydrogen (secondary N) is 3. The number of amides is 3. The molecule has 0 heterocycles. The molecule has 6 heteroatoms. The van der Waals surface area contributed by atoms with Crippen molar-refractivity contribution < 1.29 is 14.0 Å². The van der Waals surface area contributed by atoms with E-state index in [2.05, 4.69) is 16.0 Å². The van der Waals surface area contributed by atoms with E-state index >= 15 is 0 Å². The Morgan fingerprint density at radius 2 is 1.82 bits per heavy atom. The highest BCUT2D eigenvalue weighted by Gasteiger charge is 2.45. The fraction of sp³-hybridized carbons (Fsp3) is 0.364. The molecule has 2 aromatic carbocycles. The zero-order valence-corrected chi connectivity index (χ0v) is 16.2. The van der Waals surface area contributed by atoms with Crippen LogP contribution in [0.1, 0.15) is 44.2 Å². The summed E-state index contributed by atoms with van der Waals surface area (Å²) >= 11 is 0. The molecule has 3 amide bonds. The maximum absolute atomic E-state index is 13.6. The molecule has 2 aromatic rings. The molecule has 5 nitrogen and oxygen atoms in total. The van der Waals surface area contributed by atoms with Crippen molar-refractivity contribution in [3.05, 3.63) is 65.5 Å². The molecule has 0 spiro atoms. The van der Waals surface area contributed by atoms with Crippen molar-refractivity contribution in [1.82, 2.24) is 10.6 Å². The van der Waals surface area contributed by atoms with E-state index in [1.54, 1.807) is 18.2 Å². The first-order valence-electron chi connectivity index (χ1n) is 9.60. The van der Waals surface area contributed by atoms with Gasteiger partial charge < -0.3 is 16.0 Å². The fourth-order valence-corrected chi connectivity index (χ4v) is 3.45. The number of anilines is 1. The second-order valence-corrected chi connectivity index (χ2v) is 7.58. The maximum Gasteiger partial charge on any atom is 0.319 e. The average molecular weight is 383 g/mol. The van der Waals surface area contributed by atoms with Crippen LogP contribution in [-0.2, 0) is 16.8 Å². The Morgan fingerprint density at radius 3 is 2.39 bits per heavy atom. The number of hydrogen-bond acceptors (Lipinski definition) is 2. The highest BCUT2D eigenvalue weighted by molar-refractivity contribution is 5.90. The van der Waals surface area contributed by atoms with Gasteiger partial charge in [0, 0.05) is 18.3 Å². The largest absolute Gasteiger partial charge is 0.351 e. The quantitative estimate of drug-likeness (QED) is 0.703. The van der Waals surface area contributed by atoms with E-state index in [1.807, 2.05) is 32.0 Å². The maximum atomic E-state index is 13.6. The Hall–Kier alpha value is -2.89. The molecule has 0 aromatic heterocycles. The second-order valence-electron chi connectivity index (χ2n) is 7.58. The molecule has 1 saturated carbocycles. The van der Waals surface area contributed by atoms with Crippen LogP contribution in [0.5, 0.6) is 0 Å². The second kappa shape index (κ2) is 8.42. The molecule has 1 aliphatic carbocycles. The topological polar surface area (TPSA) is 70.2 Å². The lowest BCUT2D eigenvalue weighted by molar-refractivity contribution is -0.130. The summed E-state index contributed by atoms with van der Waals surface area (Å²) in [7, 11) is 0. The summed E-state index contributed by atoms with van der Waals surface area (Å²) in [5.41, 5.74) is 1.73. The Kier molecular flexibility index (Phi) is 5.97. The molecule has 0 radical (unpaired) electrons. The van der Waals surface area contributed by atoms with Crippen LogP contribution in [0, 0.1) is 5.82 Å². The van der Waals surface area contributed by atoms with Gasteiger partial charge in [-0.2, -0.15) is 0 Å². The van der Waals surface area contributed by atoms with Gasteiger partial charge in [0.25, 0.3) is 0 Å². The van der Waals surface area contributed by atoms with Crippen LogP contribution in [0.3, 0.4) is 0 Å². The third-order valence-corrected chi connectivity index (χ3v) is 5.10. The fourth-order valence-electron chi connectivity index (χ4n) is 3.45. The van der Waals surface area contributed by atoms with Crippen molar-refractivity contribution in [3.8, 4) is 0 Å². The molecule has 1 aliphatic rings. The minimum Gasteiger partial charge on any atom is -0.351 e. The highest BCUT2D eigenvalue weighted by Crippen LogP contribution is 2.44. The summed E-state index contributed by atoms with van der Waals surface area (Å²) in [5.74, 6) is -0.385. The molecule has 0 atom stereocenters. The van der Waals surface area contributed by atoms with Crippen molar-refractivity contribution in [2.75, 3.05) is 5.32 Å². The summed E-state index contributed by atoms with van der Waals surface area (Å²) in [6, 6.07) is 13.5. The Bertz CT molecular complexity index is 845. The van der Waals surface area contributed by atoms with Gasteiger partial charge >= 0.3 is 6.03 Å². The highest BCUT2D eigenvalue weighted by atomic mass is 19.1. The van der Waals surface area contributed by atoms with Gasteiger partial charge in [-0.05, 0) is 62.1 Å². The van der Waals surface area contributed by atoms with Crippen molar-refractivity contribution >= 4 is 17.6 Å². The number of urea groups is 1. The number of hydrogen-bond donors (Lipinski definition) is 3. The van der Waals surface area contributed by atoms with Gasteiger partial charge in [0.1, 0.15) is 5.82 Å².